The number of aryl methyl sites for hydroxylation is 1. The number of aromatic nitrogens is 2. The molecule has 19 heavy (non-hydrogen) atoms. The highest BCUT2D eigenvalue weighted by atomic mass is 16.5. The minimum Gasteiger partial charge on any atom is -0.496 e. The largest absolute Gasteiger partial charge is 0.496 e. The van der Waals surface area contributed by atoms with Crippen molar-refractivity contribution >= 4 is 11.8 Å². The zero-order valence-corrected chi connectivity index (χ0v) is 11.0. The number of nitrogens with two attached hydrogens (primary N) is 1. The second kappa shape index (κ2) is 5.01. The zero-order valence-electron chi connectivity index (χ0n) is 11.0. The quantitative estimate of drug-likeness (QED) is 0.848. The minimum atomic E-state index is -0.554. The number of carbonyl (C=O) groups is 1. The second-order valence-electron chi connectivity index (χ2n) is 3.99. The van der Waals surface area contributed by atoms with Gasteiger partial charge >= 0.3 is 5.97 Å². The van der Waals surface area contributed by atoms with Crippen molar-refractivity contribution < 1.29 is 14.3 Å². The third-order valence-electron chi connectivity index (χ3n) is 2.84. The van der Waals surface area contributed by atoms with E-state index < -0.39 is 5.97 Å². The molecule has 0 aliphatic heterocycles. The van der Waals surface area contributed by atoms with E-state index in [4.69, 9.17) is 10.5 Å². The van der Waals surface area contributed by atoms with Crippen molar-refractivity contribution in [3.63, 3.8) is 0 Å². The maximum absolute atomic E-state index is 11.4. The summed E-state index contributed by atoms with van der Waals surface area (Å²) < 4.78 is 11.4. The van der Waals surface area contributed by atoms with Crippen LogP contribution in [0.25, 0.3) is 5.69 Å². The van der Waals surface area contributed by atoms with Crippen LogP contribution in [-0.4, -0.2) is 29.7 Å². The Morgan fingerprint density at radius 3 is 2.68 bits per heavy atom. The summed E-state index contributed by atoms with van der Waals surface area (Å²) in [7, 11) is 2.90. The highest BCUT2D eigenvalue weighted by Gasteiger charge is 2.17. The normalized spacial score (nSPS) is 10.3. The molecule has 0 atom stereocenters. The molecular weight excluding hydrogens is 246 g/mol. The van der Waals surface area contributed by atoms with Gasteiger partial charge in [-0.25, -0.2) is 9.78 Å². The van der Waals surface area contributed by atoms with E-state index in [0.717, 1.165) is 17.0 Å². The molecule has 0 fully saturated rings. The summed E-state index contributed by atoms with van der Waals surface area (Å²) >= 11 is 0. The maximum Gasteiger partial charge on any atom is 0.360 e. The molecule has 6 heteroatoms. The third kappa shape index (κ3) is 2.24. The average Bonchev–Trinajstić information content (AvgIpc) is 2.79. The number of imidazole rings is 1. The summed E-state index contributed by atoms with van der Waals surface area (Å²) in [4.78, 5) is 15.4. The molecule has 100 valence electrons. The number of methoxy groups -OCH3 is 2. The van der Waals surface area contributed by atoms with Gasteiger partial charge < -0.3 is 15.2 Å². The van der Waals surface area contributed by atoms with E-state index in [2.05, 4.69) is 9.72 Å². The van der Waals surface area contributed by atoms with E-state index in [1.54, 1.807) is 11.7 Å². The van der Waals surface area contributed by atoms with Crippen LogP contribution < -0.4 is 10.5 Å². The van der Waals surface area contributed by atoms with Crippen LogP contribution in [0.3, 0.4) is 0 Å². The molecule has 0 radical (unpaired) electrons. The Hall–Kier alpha value is -2.50. The van der Waals surface area contributed by atoms with Crippen molar-refractivity contribution in [2.45, 2.75) is 6.92 Å². The van der Waals surface area contributed by atoms with Crippen LogP contribution in [0.1, 0.15) is 16.1 Å². The van der Waals surface area contributed by atoms with Crippen LogP contribution in [0, 0.1) is 6.92 Å². The molecule has 2 aromatic rings. The van der Waals surface area contributed by atoms with Crippen LogP contribution >= 0.6 is 0 Å². The summed E-state index contributed by atoms with van der Waals surface area (Å²) in [6, 6.07) is 5.57. The van der Waals surface area contributed by atoms with Crippen molar-refractivity contribution in [2.24, 2.45) is 0 Å². The first-order valence-electron chi connectivity index (χ1n) is 5.64. The van der Waals surface area contributed by atoms with Crippen molar-refractivity contribution in [1.82, 2.24) is 9.55 Å². The number of anilines is 1. The van der Waals surface area contributed by atoms with Gasteiger partial charge in [-0.15, -0.1) is 0 Å². The maximum atomic E-state index is 11.4. The molecule has 0 aliphatic rings. The lowest BCUT2D eigenvalue weighted by Gasteiger charge is -2.09. The first-order chi connectivity index (χ1) is 9.08. The minimum absolute atomic E-state index is 0.107. The van der Waals surface area contributed by atoms with Gasteiger partial charge in [-0.1, -0.05) is 0 Å². The molecule has 6 nitrogen and oxygen atoms in total. The molecular formula is C13H15N3O3. The van der Waals surface area contributed by atoms with Gasteiger partial charge in [-0.05, 0) is 30.7 Å². The van der Waals surface area contributed by atoms with Gasteiger partial charge in [-0.2, -0.15) is 0 Å². The SMILES string of the molecule is COC(=O)c1ncn(-c2ccc(OC)c(C)c2)c1N. The van der Waals surface area contributed by atoms with Gasteiger partial charge in [0, 0.05) is 5.69 Å². The fraction of sp³-hybridized carbons (Fsp3) is 0.231. The third-order valence-corrected chi connectivity index (χ3v) is 2.84. The molecule has 0 amide bonds. The molecule has 2 rings (SSSR count). The van der Waals surface area contributed by atoms with Gasteiger partial charge in [0.25, 0.3) is 0 Å². The Morgan fingerprint density at radius 2 is 2.11 bits per heavy atom. The summed E-state index contributed by atoms with van der Waals surface area (Å²) in [6.07, 6.45) is 1.49. The van der Waals surface area contributed by atoms with E-state index in [9.17, 15) is 4.79 Å². The number of benzene rings is 1. The summed E-state index contributed by atoms with van der Waals surface area (Å²) in [5.74, 6) is 0.480. The number of ether oxygens (including phenoxy) is 2. The van der Waals surface area contributed by atoms with Gasteiger partial charge in [-0.3, -0.25) is 4.57 Å². The summed E-state index contributed by atoms with van der Waals surface area (Å²) in [6.45, 7) is 1.93. The predicted octanol–water partition coefficient (Wildman–Crippen LogP) is 1.56. The number of nitrogens with zero attached hydrogens (tertiary/aromatic N) is 2. The van der Waals surface area contributed by atoms with Crippen molar-refractivity contribution in [2.75, 3.05) is 20.0 Å². The van der Waals surface area contributed by atoms with Crippen LogP contribution in [0.15, 0.2) is 24.5 Å². The zero-order chi connectivity index (χ0) is 14.0. The summed E-state index contributed by atoms with van der Waals surface area (Å²) in [5, 5.41) is 0. The standard InChI is InChI=1S/C13H15N3O3/c1-8-6-9(4-5-10(8)18-2)16-7-15-11(12(16)14)13(17)19-3/h4-7H,14H2,1-3H3. The van der Waals surface area contributed by atoms with Gasteiger partial charge in [0.15, 0.2) is 5.69 Å². The Labute approximate surface area is 110 Å². The molecule has 0 spiro atoms. The number of nitrogen functional groups attached to an aromatic ring is 1. The fourth-order valence-corrected chi connectivity index (χ4v) is 1.83. The smallest absolute Gasteiger partial charge is 0.360 e. The predicted molar refractivity (Wildman–Crippen MR) is 70.6 cm³/mol. The lowest BCUT2D eigenvalue weighted by Crippen LogP contribution is -2.07. The van der Waals surface area contributed by atoms with Crippen molar-refractivity contribution in [3.8, 4) is 11.4 Å². The van der Waals surface area contributed by atoms with E-state index in [-0.39, 0.29) is 11.5 Å². The number of esters is 1. The molecule has 0 saturated carbocycles. The van der Waals surface area contributed by atoms with E-state index in [1.807, 2.05) is 25.1 Å². The Morgan fingerprint density at radius 1 is 1.37 bits per heavy atom. The molecule has 0 aliphatic carbocycles. The van der Waals surface area contributed by atoms with Crippen LogP contribution in [-0.2, 0) is 4.74 Å². The molecule has 1 aromatic carbocycles. The van der Waals surface area contributed by atoms with Crippen molar-refractivity contribution in [3.05, 3.63) is 35.8 Å². The fourth-order valence-electron chi connectivity index (χ4n) is 1.83. The number of carbonyl (C=O) groups excluding carboxylic acids is 1. The Balaban J connectivity index is 2.45. The Bertz CT molecular complexity index is 620. The number of rotatable bonds is 3. The molecule has 0 unspecified atom stereocenters. The first kappa shape index (κ1) is 12.9. The average molecular weight is 261 g/mol. The highest BCUT2D eigenvalue weighted by molar-refractivity contribution is 5.92. The lowest BCUT2D eigenvalue weighted by atomic mass is 10.2. The van der Waals surface area contributed by atoms with Gasteiger partial charge in [0.1, 0.15) is 17.9 Å². The molecule has 1 heterocycles. The number of hydrogen-bond donors (Lipinski definition) is 1. The molecule has 0 saturated heterocycles. The van der Waals surface area contributed by atoms with Crippen molar-refractivity contribution in [1.29, 1.82) is 0 Å². The topological polar surface area (TPSA) is 79.4 Å². The van der Waals surface area contributed by atoms with E-state index in [0.29, 0.717) is 0 Å². The molecule has 0 bridgehead atoms. The van der Waals surface area contributed by atoms with Crippen LogP contribution in [0.4, 0.5) is 5.82 Å². The highest BCUT2D eigenvalue weighted by Crippen LogP contribution is 2.23. The van der Waals surface area contributed by atoms with Crippen LogP contribution in [0.5, 0.6) is 5.75 Å². The van der Waals surface area contributed by atoms with Gasteiger partial charge in [0.05, 0.1) is 14.2 Å². The monoisotopic (exact) mass is 261 g/mol. The second-order valence-corrected chi connectivity index (χ2v) is 3.99. The lowest BCUT2D eigenvalue weighted by molar-refractivity contribution is 0.0596. The molecule has 2 N–H and O–H groups in total. The van der Waals surface area contributed by atoms with E-state index >= 15 is 0 Å². The first-order valence-corrected chi connectivity index (χ1v) is 5.64. The Kier molecular flexibility index (Phi) is 3.41. The van der Waals surface area contributed by atoms with Gasteiger partial charge in [0.2, 0.25) is 0 Å². The van der Waals surface area contributed by atoms with Crippen LogP contribution in [0.2, 0.25) is 0 Å². The van der Waals surface area contributed by atoms with E-state index in [1.165, 1.54) is 13.4 Å². The number of hydrogen-bond acceptors (Lipinski definition) is 5. The molecule has 1 aromatic heterocycles. The summed E-state index contributed by atoms with van der Waals surface area (Å²) in [5.41, 5.74) is 7.78.